The minimum Gasteiger partial charge on any atom is -0.448 e. The van der Waals surface area contributed by atoms with E-state index in [4.69, 9.17) is 19.2 Å². The highest BCUT2D eigenvalue weighted by molar-refractivity contribution is 7.98. The largest absolute Gasteiger partial charge is 0.448 e. The summed E-state index contributed by atoms with van der Waals surface area (Å²) in [5, 5.41) is 3.01. The quantitative estimate of drug-likeness (QED) is 0.281. The molecular formula is C37H49N5O5S. The van der Waals surface area contributed by atoms with Gasteiger partial charge in [-0.05, 0) is 98.0 Å². The van der Waals surface area contributed by atoms with Crippen LogP contribution in [0, 0.1) is 19.8 Å². The number of nitrogens with one attached hydrogen (secondary N) is 2. The number of carbonyl (C=O) groups is 1. The standard InChI is InChI=1S/C37H49N5O5S/c1-21(2)41-13-11-27(12-14-41)37(7)46-33-25(6)28(35(43)39-18-30-31(48-8)15-22(3)40-36(30)44)16-29(34(33)47-37)26-9-10-32(38-17-26)42-19-23(4)45-24(5)20-42/h9-10,15-17,21,23-24,27H,11-14,18-20H2,1-8H3,(H,39,43)(H,40,44)/t23-,24+,37-/m0/s1. The number of pyridine rings is 2. The van der Waals surface area contributed by atoms with Crippen LogP contribution in [-0.4, -0.2) is 77.2 Å². The number of benzene rings is 1. The number of aryl methyl sites for hydroxylation is 1. The Bertz CT molecular complexity index is 1710. The number of aromatic nitrogens is 2. The predicted octanol–water partition coefficient (Wildman–Crippen LogP) is 5.93. The van der Waals surface area contributed by atoms with Crippen LogP contribution in [-0.2, 0) is 11.3 Å². The fourth-order valence-electron chi connectivity index (χ4n) is 7.34. The van der Waals surface area contributed by atoms with Gasteiger partial charge in [0, 0.05) is 83.1 Å². The summed E-state index contributed by atoms with van der Waals surface area (Å²) < 4.78 is 19.5. The smallest absolute Gasteiger partial charge is 0.254 e. The van der Waals surface area contributed by atoms with Crippen molar-refractivity contribution >= 4 is 23.5 Å². The first-order valence-corrected chi connectivity index (χ1v) is 18.3. The molecule has 1 amide bonds. The van der Waals surface area contributed by atoms with E-state index in [1.165, 1.54) is 11.8 Å². The van der Waals surface area contributed by atoms with Crippen molar-refractivity contribution in [2.24, 2.45) is 5.92 Å². The monoisotopic (exact) mass is 675 g/mol. The number of hydrogen-bond donors (Lipinski definition) is 2. The van der Waals surface area contributed by atoms with Gasteiger partial charge in [-0.15, -0.1) is 11.8 Å². The van der Waals surface area contributed by atoms with Crippen molar-refractivity contribution in [2.75, 3.05) is 37.3 Å². The summed E-state index contributed by atoms with van der Waals surface area (Å²) in [5.74, 6) is 1.15. The SMILES string of the molecule is CSc1cc(C)[nH]c(=O)c1CNC(=O)c1cc(-c2ccc(N3C[C@@H](C)O[C@@H](C)C3)nc2)c2c(c1C)O[C@](C)(C1CCN(C(C)C)CC1)O2. The summed E-state index contributed by atoms with van der Waals surface area (Å²) in [6.45, 7) is 18.0. The van der Waals surface area contributed by atoms with Gasteiger partial charge in [-0.1, -0.05) is 0 Å². The molecule has 2 aromatic heterocycles. The highest BCUT2D eigenvalue weighted by Gasteiger charge is 2.47. The van der Waals surface area contributed by atoms with Gasteiger partial charge in [-0.3, -0.25) is 9.59 Å². The van der Waals surface area contributed by atoms with E-state index in [1.807, 2.05) is 57.5 Å². The lowest BCUT2D eigenvalue weighted by atomic mass is 9.88. The molecule has 3 atom stereocenters. The van der Waals surface area contributed by atoms with Crippen LogP contribution in [0.3, 0.4) is 0 Å². The van der Waals surface area contributed by atoms with Crippen LogP contribution in [0.1, 0.15) is 74.6 Å². The summed E-state index contributed by atoms with van der Waals surface area (Å²) in [5.41, 5.74) is 3.89. The number of fused-ring (bicyclic) bond motifs is 1. The number of morpholine rings is 1. The van der Waals surface area contributed by atoms with Crippen LogP contribution >= 0.6 is 11.8 Å². The third kappa shape index (κ3) is 6.82. The Morgan fingerprint density at radius 3 is 2.42 bits per heavy atom. The van der Waals surface area contributed by atoms with Crippen LogP contribution < -0.4 is 25.2 Å². The number of nitrogens with zero attached hydrogens (tertiary/aromatic N) is 3. The lowest BCUT2D eigenvalue weighted by Crippen LogP contribution is -2.49. The zero-order chi connectivity index (χ0) is 34.3. The van der Waals surface area contributed by atoms with Gasteiger partial charge in [0.05, 0.1) is 12.2 Å². The van der Waals surface area contributed by atoms with Crippen molar-refractivity contribution in [2.45, 2.75) is 96.8 Å². The molecule has 0 radical (unpaired) electrons. The van der Waals surface area contributed by atoms with E-state index in [1.54, 1.807) is 0 Å². The molecule has 2 N–H and O–H groups in total. The van der Waals surface area contributed by atoms with Crippen molar-refractivity contribution in [3.63, 3.8) is 0 Å². The third-order valence-corrected chi connectivity index (χ3v) is 10.8. The summed E-state index contributed by atoms with van der Waals surface area (Å²) in [4.78, 5) is 40.0. The van der Waals surface area contributed by atoms with Crippen LogP contribution in [0.2, 0.25) is 0 Å². The van der Waals surface area contributed by atoms with Crippen molar-refractivity contribution in [3.05, 3.63) is 63.2 Å². The number of carbonyl (C=O) groups excluding carboxylic acids is 1. The molecule has 6 rings (SSSR count). The number of piperidine rings is 1. The van der Waals surface area contributed by atoms with Gasteiger partial charge >= 0.3 is 0 Å². The second-order valence-electron chi connectivity index (χ2n) is 14.0. The zero-order valence-electron chi connectivity index (χ0n) is 29.4. The first-order valence-electron chi connectivity index (χ1n) is 17.1. The molecule has 2 fully saturated rings. The van der Waals surface area contributed by atoms with E-state index < -0.39 is 5.79 Å². The minimum atomic E-state index is -0.865. The molecule has 3 aliphatic rings. The maximum Gasteiger partial charge on any atom is 0.254 e. The van der Waals surface area contributed by atoms with Crippen LogP contribution in [0.15, 0.2) is 40.2 Å². The van der Waals surface area contributed by atoms with Gasteiger partial charge in [0.25, 0.3) is 17.3 Å². The molecule has 258 valence electrons. The second kappa shape index (κ2) is 13.8. The van der Waals surface area contributed by atoms with E-state index in [0.29, 0.717) is 34.2 Å². The van der Waals surface area contributed by atoms with E-state index in [9.17, 15) is 9.59 Å². The van der Waals surface area contributed by atoms with Gasteiger partial charge in [-0.2, -0.15) is 0 Å². The molecule has 0 saturated carbocycles. The molecule has 5 heterocycles. The molecule has 11 heteroatoms. The fourth-order valence-corrected chi connectivity index (χ4v) is 8.04. The first kappa shape index (κ1) is 34.3. The number of aromatic amines is 1. The topological polar surface area (TPSA) is 109 Å². The molecule has 48 heavy (non-hydrogen) atoms. The fraction of sp³-hybridized carbons (Fsp3) is 0.541. The normalized spacial score (nSPS) is 23.1. The van der Waals surface area contributed by atoms with Crippen molar-refractivity contribution < 1.29 is 19.0 Å². The Labute approximate surface area is 287 Å². The number of H-pyrrole nitrogens is 1. The summed E-state index contributed by atoms with van der Waals surface area (Å²) in [6.07, 6.45) is 5.94. The van der Waals surface area contributed by atoms with E-state index in [-0.39, 0.29) is 36.1 Å². The molecule has 0 bridgehead atoms. The number of likely N-dealkylation sites (tertiary alicyclic amines) is 1. The van der Waals surface area contributed by atoms with Crippen molar-refractivity contribution in [1.82, 2.24) is 20.2 Å². The molecule has 10 nitrogen and oxygen atoms in total. The Morgan fingerprint density at radius 1 is 1.10 bits per heavy atom. The summed E-state index contributed by atoms with van der Waals surface area (Å²) in [7, 11) is 0. The minimum absolute atomic E-state index is 0.104. The van der Waals surface area contributed by atoms with Crippen LogP contribution in [0.25, 0.3) is 11.1 Å². The Kier molecular flexibility index (Phi) is 9.84. The van der Waals surface area contributed by atoms with Crippen molar-refractivity contribution in [1.29, 1.82) is 0 Å². The second-order valence-corrected chi connectivity index (χ2v) is 14.8. The Morgan fingerprint density at radius 2 is 1.79 bits per heavy atom. The molecule has 1 aromatic carbocycles. The van der Waals surface area contributed by atoms with Gasteiger partial charge < -0.3 is 34.3 Å². The molecule has 3 aromatic rings. The van der Waals surface area contributed by atoms with Gasteiger partial charge in [-0.25, -0.2) is 4.98 Å². The molecular weight excluding hydrogens is 627 g/mol. The lowest BCUT2D eigenvalue weighted by Gasteiger charge is -2.40. The third-order valence-electron chi connectivity index (χ3n) is 10.0. The Balaban J connectivity index is 1.34. The lowest BCUT2D eigenvalue weighted by molar-refractivity contribution is -0.126. The van der Waals surface area contributed by atoms with E-state index in [0.717, 1.165) is 66.6 Å². The van der Waals surface area contributed by atoms with Crippen LogP contribution in [0.4, 0.5) is 5.82 Å². The predicted molar refractivity (Wildman–Crippen MR) is 190 cm³/mol. The number of ether oxygens (including phenoxy) is 3. The highest BCUT2D eigenvalue weighted by Crippen LogP contribution is 2.52. The highest BCUT2D eigenvalue weighted by atomic mass is 32.2. The average molecular weight is 676 g/mol. The number of anilines is 1. The first-order chi connectivity index (χ1) is 22.9. The maximum atomic E-state index is 13.9. The Hall–Kier alpha value is -3.54. The molecule has 2 saturated heterocycles. The van der Waals surface area contributed by atoms with E-state index in [2.05, 4.69) is 47.8 Å². The molecule has 3 aliphatic heterocycles. The number of rotatable bonds is 8. The molecule has 0 unspecified atom stereocenters. The van der Waals surface area contributed by atoms with E-state index >= 15 is 0 Å². The molecule has 0 spiro atoms. The summed E-state index contributed by atoms with van der Waals surface area (Å²) in [6, 6.07) is 8.37. The number of amides is 1. The van der Waals surface area contributed by atoms with Gasteiger partial charge in [0.15, 0.2) is 11.5 Å². The van der Waals surface area contributed by atoms with Gasteiger partial charge in [0.2, 0.25) is 0 Å². The average Bonchev–Trinajstić information content (AvgIpc) is 3.43. The molecule has 0 aliphatic carbocycles. The van der Waals surface area contributed by atoms with Crippen molar-refractivity contribution in [3.8, 4) is 22.6 Å². The van der Waals surface area contributed by atoms with Gasteiger partial charge in [0.1, 0.15) is 5.82 Å². The number of hydrogen-bond acceptors (Lipinski definition) is 9. The maximum absolute atomic E-state index is 13.9. The summed E-state index contributed by atoms with van der Waals surface area (Å²) >= 11 is 1.49. The zero-order valence-corrected chi connectivity index (χ0v) is 30.3. The van der Waals surface area contributed by atoms with Crippen LogP contribution in [0.5, 0.6) is 11.5 Å². The number of thioether (sulfide) groups is 1.